The highest BCUT2D eigenvalue weighted by atomic mass is 79.9. The van der Waals surface area contributed by atoms with Gasteiger partial charge in [0.2, 0.25) is 0 Å². The Balaban J connectivity index is 2.56. The van der Waals surface area contributed by atoms with E-state index in [0.29, 0.717) is 48.5 Å². The molecular weight excluding hydrogens is 396 g/mol. The van der Waals surface area contributed by atoms with Crippen LogP contribution in [0.4, 0.5) is 0 Å². The molecule has 1 aromatic carbocycles. The molecule has 2 heterocycles. The molecule has 0 saturated carbocycles. The lowest BCUT2D eigenvalue weighted by atomic mass is 10.3. The zero-order valence-electron chi connectivity index (χ0n) is 10.6. The molecule has 110 valence electrons. The Morgan fingerprint density at radius 2 is 1.15 bits per heavy atom. The fourth-order valence-corrected chi connectivity index (χ4v) is 2.70. The van der Waals surface area contributed by atoms with Crippen molar-refractivity contribution in [3.63, 3.8) is 0 Å². The third-order valence-corrected chi connectivity index (χ3v) is 4.17. The molecule has 2 bridgehead atoms. The highest BCUT2D eigenvalue weighted by Gasteiger charge is 2.15. The summed E-state index contributed by atoms with van der Waals surface area (Å²) in [5, 5.41) is 20.8. The first-order chi connectivity index (χ1) is 9.63. The second-order valence-corrected chi connectivity index (χ2v) is 5.60. The van der Waals surface area contributed by atoms with Crippen molar-refractivity contribution in [2.24, 2.45) is 9.98 Å². The lowest BCUT2D eigenvalue weighted by Crippen LogP contribution is -2.19. The van der Waals surface area contributed by atoms with Crippen molar-refractivity contribution in [3.05, 3.63) is 19.7 Å². The maximum Gasteiger partial charge on any atom is 0.158 e. The number of hydrogen-bond acceptors (Lipinski definition) is 6. The minimum atomic E-state index is -0.0635. The van der Waals surface area contributed by atoms with Crippen molar-refractivity contribution in [1.82, 2.24) is 0 Å². The summed E-state index contributed by atoms with van der Waals surface area (Å²) in [5.74, 6) is -0.127. The number of rotatable bonds is 0. The smallest absolute Gasteiger partial charge is 0.158 e. The first-order valence-electron chi connectivity index (χ1n) is 6.06. The van der Waals surface area contributed by atoms with Crippen molar-refractivity contribution in [3.8, 4) is 11.5 Å². The summed E-state index contributed by atoms with van der Waals surface area (Å²) in [6.07, 6.45) is 0. The van der Waals surface area contributed by atoms with Crippen LogP contribution in [0.25, 0.3) is 0 Å². The molecule has 0 saturated heterocycles. The van der Waals surface area contributed by atoms with Crippen molar-refractivity contribution in [2.45, 2.75) is 0 Å². The minimum absolute atomic E-state index is 0.0635. The Kier molecular flexibility index (Phi) is 5.76. The molecule has 20 heavy (non-hydrogen) atoms. The summed E-state index contributed by atoms with van der Waals surface area (Å²) in [7, 11) is 0. The van der Waals surface area contributed by atoms with Gasteiger partial charge in [-0.3, -0.25) is 9.98 Å². The SMILES string of the molecule is Oc1c(Br)c2c(O)c(Br)c1=NCCOCCOCCN=2. The molecule has 0 spiro atoms. The molecule has 3 rings (SSSR count). The summed E-state index contributed by atoms with van der Waals surface area (Å²) in [6.45, 7) is 2.56. The van der Waals surface area contributed by atoms with Gasteiger partial charge in [-0.2, -0.15) is 0 Å². The molecule has 0 atom stereocenters. The Morgan fingerprint density at radius 1 is 0.750 bits per heavy atom. The van der Waals surface area contributed by atoms with Crippen LogP contribution in [0.5, 0.6) is 11.5 Å². The van der Waals surface area contributed by atoms with Gasteiger partial charge >= 0.3 is 0 Å². The number of nitrogens with zero attached hydrogens (tertiary/aromatic N) is 2. The van der Waals surface area contributed by atoms with Gasteiger partial charge in [0.15, 0.2) is 11.5 Å². The monoisotopic (exact) mass is 408 g/mol. The number of benzene rings is 1. The van der Waals surface area contributed by atoms with Gasteiger partial charge in [-0.25, -0.2) is 0 Å². The summed E-state index contributed by atoms with van der Waals surface area (Å²) >= 11 is 6.47. The normalized spacial score (nSPS) is 17.1. The molecule has 0 fully saturated rings. The van der Waals surface area contributed by atoms with Crippen molar-refractivity contribution >= 4 is 31.9 Å². The van der Waals surface area contributed by atoms with Crippen LogP contribution in [0.2, 0.25) is 0 Å². The van der Waals surface area contributed by atoms with E-state index in [1.807, 2.05) is 0 Å². The standard InChI is InChI=1S/C12H14Br2N2O4/c13-7-9-11(17)8(14)10(12(7)18)16-2-4-20-6-5-19-3-1-15-9/h17-18H,1-6H2. The van der Waals surface area contributed by atoms with Gasteiger partial charge < -0.3 is 19.7 Å². The number of phenolic OH excluding ortho intramolecular Hbond substituents is 2. The van der Waals surface area contributed by atoms with E-state index in [2.05, 4.69) is 41.8 Å². The van der Waals surface area contributed by atoms with Crippen LogP contribution < -0.4 is 10.7 Å². The van der Waals surface area contributed by atoms with E-state index >= 15 is 0 Å². The molecule has 2 N–H and O–H groups in total. The molecule has 0 aromatic heterocycles. The van der Waals surface area contributed by atoms with Gasteiger partial charge in [0.05, 0.1) is 48.5 Å². The summed E-state index contributed by atoms with van der Waals surface area (Å²) in [4.78, 5) is 8.45. The van der Waals surface area contributed by atoms with Crippen LogP contribution in [0.15, 0.2) is 18.9 Å². The number of halogens is 2. The molecule has 0 amide bonds. The van der Waals surface area contributed by atoms with E-state index in [-0.39, 0.29) is 22.2 Å². The predicted molar refractivity (Wildman–Crippen MR) is 78.9 cm³/mol. The molecule has 0 unspecified atom stereocenters. The van der Waals surface area contributed by atoms with Crippen LogP contribution in [0.3, 0.4) is 0 Å². The highest BCUT2D eigenvalue weighted by Crippen LogP contribution is 2.24. The average Bonchev–Trinajstić information content (AvgIpc) is 2.44. The topological polar surface area (TPSA) is 83.6 Å². The Bertz CT molecular complexity index is 518. The van der Waals surface area contributed by atoms with Crippen LogP contribution in [-0.4, -0.2) is 49.7 Å². The molecule has 2 aliphatic heterocycles. The maximum atomic E-state index is 10.1. The number of phenols is 2. The number of ether oxygens (including phenoxy) is 2. The zero-order chi connectivity index (χ0) is 14.5. The number of fused-ring (bicyclic) bond motifs is 11. The maximum absolute atomic E-state index is 10.1. The fourth-order valence-electron chi connectivity index (χ4n) is 1.69. The van der Waals surface area contributed by atoms with Gasteiger partial charge in [-0.15, -0.1) is 0 Å². The zero-order valence-corrected chi connectivity index (χ0v) is 13.8. The minimum Gasteiger partial charge on any atom is -0.504 e. The van der Waals surface area contributed by atoms with Crippen LogP contribution >= 0.6 is 31.9 Å². The molecule has 1 aromatic rings. The lowest BCUT2D eigenvalue weighted by Gasteiger charge is -2.08. The van der Waals surface area contributed by atoms with Gasteiger partial charge in [0.25, 0.3) is 0 Å². The van der Waals surface area contributed by atoms with Crippen molar-refractivity contribution in [2.75, 3.05) is 39.5 Å². The predicted octanol–water partition coefficient (Wildman–Crippen LogP) is 0.909. The first kappa shape index (κ1) is 15.7. The quantitative estimate of drug-likeness (QED) is 0.492. The van der Waals surface area contributed by atoms with E-state index in [1.165, 1.54) is 0 Å². The highest BCUT2D eigenvalue weighted by molar-refractivity contribution is 9.11. The summed E-state index contributed by atoms with van der Waals surface area (Å²) in [5.41, 5.74) is 0. The molecular formula is C12H14Br2N2O4. The van der Waals surface area contributed by atoms with Crippen LogP contribution in [-0.2, 0) is 9.47 Å². The Morgan fingerprint density at radius 3 is 1.55 bits per heavy atom. The van der Waals surface area contributed by atoms with E-state index in [9.17, 15) is 10.2 Å². The van der Waals surface area contributed by atoms with Gasteiger partial charge in [0.1, 0.15) is 10.7 Å². The van der Waals surface area contributed by atoms with Gasteiger partial charge in [-0.05, 0) is 31.9 Å². The fraction of sp³-hybridized carbons (Fsp3) is 0.500. The van der Waals surface area contributed by atoms with Gasteiger partial charge in [-0.1, -0.05) is 0 Å². The van der Waals surface area contributed by atoms with E-state index < -0.39 is 0 Å². The number of hydrogen-bond donors (Lipinski definition) is 2. The van der Waals surface area contributed by atoms with Gasteiger partial charge in [0, 0.05) is 0 Å². The summed E-state index contributed by atoms with van der Waals surface area (Å²) in [6, 6.07) is 0. The van der Waals surface area contributed by atoms with Crippen molar-refractivity contribution < 1.29 is 19.7 Å². The number of aromatic hydroxyl groups is 2. The Hall–Kier alpha value is -0.700. The largest absolute Gasteiger partial charge is 0.504 e. The molecule has 0 radical (unpaired) electrons. The third kappa shape index (κ3) is 3.49. The Labute approximate surface area is 132 Å². The van der Waals surface area contributed by atoms with E-state index in [1.54, 1.807) is 0 Å². The molecule has 2 aliphatic rings. The van der Waals surface area contributed by atoms with Crippen molar-refractivity contribution in [1.29, 1.82) is 0 Å². The second-order valence-electron chi connectivity index (χ2n) is 4.01. The third-order valence-electron chi connectivity index (χ3n) is 2.66. The molecule has 8 heteroatoms. The van der Waals surface area contributed by atoms with E-state index in [4.69, 9.17) is 9.47 Å². The molecule has 6 nitrogen and oxygen atoms in total. The van der Waals surface area contributed by atoms with Crippen LogP contribution in [0.1, 0.15) is 0 Å². The molecule has 0 aliphatic carbocycles. The van der Waals surface area contributed by atoms with Crippen LogP contribution in [0, 0.1) is 0 Å². The second kappa shape index (κ2) is 7.35. The lowest BCUT2D eigenvalue weighted by molar-refractivity contribution is 0.0536. The van der Waals surface area contributed by atoms with E-state index in [0.717, 1.165) is 0 Å². The summed E-state index contributed by atoms with van der Waals surface area (Å²) < 4.78 is 11.3. The first-order valence-corrected chi connectivity index (χ1v) is 7.65. The average molecular weight is 410 g/mol.